The van der Waals surface area contributed by atoms with Crippen molar-refractivity contribution in [3.63, 3.8) is 0 Å². The third-order valence-corrected chi connectivity index (χ3v) is 4.62. The molecule has 1 amide bonds. The summed E-state index contributed by atoms with van der Waals surface area (Å²) >= 11 is 0. The summed E-state index contributed by atoms with van der Waals surface area (Å²) in [7, 11) is 3.22. The number of hydrogen-bond donors (Lipinski definition) is 0. The maximum absolute atomic E-state index is 12.9. The molecule has 0 unspecified atom stereocenters. The van der Waals surface area contributed by atoms with Crippen molar-refractivity contribution >= 4 is 5.91 Å². The summed E-state index contributed by atoms with van der Waals surface area (Å²) in [4.78, 5) is 14.8. The van der Waals surface area contributed by atoms with Crippen molar-refractivity contribution in [1.29, 1.82) is 0 Å². The van der Waals surface area contributed by atoms with Crippen LogP contribution in [0, 0.1) is 0 Å². The highest BCUT2D eigenvalue weighted by molar-refractivity contribution is 5.92. The van der Waals surface area contributed by atoms with Gasteiger partial charge in [-0.25, -0.2) is 0 Å². The van der Waals surface area contributed by atoms with Crippen LogP contribution in [-0.4, -0.2) is 36.7 Å². The average molecular weight is 344 g/mol. The Bertz CT molecular complexity index is 754. The Morgan fingerprint density at radius 1 is 1.24 bits per heavy atom. The van der Waals surface area contributed by atoms with Gasteiger partial charge in [0.25, 0.3) is 5.91 Å². The second-order valence-electron chi connectivity index (χ2n) is 6.54. The van der Waals surface area contributed by atoms with Crippen LogP contribution in [0.3, 0.4) is 0 Å². The molecule has 2 aromatic rings. The van der Waals surface area contributed by atoms with Crippen molar-refractivity contribution < 1.29 is 18.8 Å². The molecule has 1 aliphatic rings. The Labute approximate surface area is 147 Å². The zero-order valence-electron chi connectivity index (χ0n) is 15.1. The number of amides is 1. The maximum Gasteiger partial charge on any atom is 0.276 e. The Balaban J connectivity index is 1.85. The van der Waals surface area contributed by atoms with Gasteiger partial charge < -0.3 is 18.9 Å². The SMILES string of the molecule is COc1ccc([C@H]2CCCN2C(=O)c2cc(C(C)C)on2)cc1OC. The first kappa shape index (κ1) is 17.3. The van der Waals surface area contributed by atoms with Crippen molar-refractivity contribution in [1.82, 2.24) is 10.1 Å². The molecule has 1 atom stereocenters. The summed E-state index contributed by atoms with van der Waals surface area (Å²) < 4.78 is 16.0. The van der Waals surface area contributed by atoms with E-state index in [1.54, 1.807) is 20.3 Å². The molecule has 0 saturated carbocycles. The second kappa shape index (κ2) is 7.17. The number of rotatable bonds is 5. The van der Waals surface area contributed by atoms with E-state index in [9.17, 15) is 4.79 Å². The summed E-state index contributed by atoms with van der Waals surface area (Å²) in [6.45, 7) is 4.73. The third kappa shape index (κ3) is 3.34. The van der Waals surface area contributed by atoms with E-state index >= 15 is 0 Å². The standard InChI is InChI=1S/C19H24N2O4/c1-12(2)17-11-14(20-25-17)19(22)21-9-5-6-15(21)13-7-8-16(23-3)18(10-13)24-4/h7-8,10-12,15H,5-6,9H2,1-4H3/t15-/m1/s1. The zero-order valence-corrected chi connectivity index (χ0v) is 15.1. The van der Waals surface area contributed by atoms with Crippen molar-refractivity contribution in [2.75, 3.05) is 20.8 Å². The lowest BCUT2D eigenvalue weighted by Crippen LogP contribution is -2.30. The fourth-order valence-corrected chi connectivity index (χ4v) is 3.23. The van der Waals surface area contributed by atoms with Crippen LogP contribution in [0.25, 0.3) is 0 Å². The van der Waals surface area contributed by atoms with Crippen LogP contribution in [0.4, 0.5) is 0 Å². The molecule has 6 heteroatoms. The molecule has 0 N–H and O–H groups in total. The number of carbonyl (C=O) groups excluding carboxylic acids is 1. The fourth-order valence-electron chi connectivity index (χ4n) is 3.23. The zero-order chi connectivity index (χ0) is 18.0. The van der Waals surface area contributed by atoms with E-state index in [1.807, 2.05) is 36.9 Å². The maximum atomic E-state index is 12.9. The number of benzene rings is 1. The lowest BCUT2D eigenvalue weighted by atomic mass is 10.0. The van der Waals surface area contributed by atoms with Crippen LogP contribution in [0.15, 0.2) is 28.8 Å². The van der Waals surface area contributed by atoms with Crippen molar-refractivity contribution in [3.8, 4) is 11.5 Å². The van der Waals surface area contributed by atoms with Crippen molar-refractivity contribution in [3.05, 3.63) is 41.3 Å². The Hall–Kier alpha value is -2.50. The molecular weight excluding hydrogens is 320 g/mol. The fraction of sp³-hybridized carbons (Fsp3) is 0.474. The van der Waals surface area contributed by atoms with Gasteiger partial charge in [-0.2, -0.15) is 0 Å². The van der Waals surface area contributed by atoms with Crippen LogP contribution in [0.1, 0.15) is 60.5 Å². The molecule has 0 bridgehead atoms. The van der Waals surface area contributed by atoms with Gasteiger partial charge >= 0.3 is 0 Å². The molecular formula is C19H24N2O4. The molecule has 3 rings (SSSR count). The molecule has 1 saturated heterocycles. The molecule has 2 heterocycles. The van der Waals surface area contributed by atoms with E-state index in [2.05, 4.69) is 5.16 Å². The Morgan fingerprint density at radius 3 is 2.64 bits per heavy atom. The van der Waals surface area contributed by atoms with E-state index < -0.39 is 0 Å². The van der Waals surface area contributed by atoms with Gasteiger partial charge in [-0.3, -0.25) is 4.79 Å². The minimum atomic E-state index is -0.0899. The number of likely N-dealkylation sites (tertiary alicyclic amines) is 1. The van der Waals surface area contributed by atoms with E-state index in [0.717, 1.165) is 24.2 Å². The van der Waals surface area contributed by atoms with Crippen LogP contribution in [0.2, 0.25) is 0 Å². The molecule has 6 nitrogen and oxygen atoms in total. The summed E-state index contributed by atoms with van der Waals surface area (Å²) in [5, 5.41) is 3.96. The highest BCUT2D eigenvalue weighted by atomic mass is 16.5. The number of ether oxygens (including phenoxy) is 2. The highest BCUT2D eigenvalue weighted by Crippen LogP contribution is 2.37. The van der Waals surface area contributed by atoms with Crippen LogP contribution >= 0.6 is 0 Å². The molecule has 134 valence electrons. The predicted octanol–water partition coefficient (Wildman–Crippen LogP) is 3.79. The number of methoxy groups -OCH3 is 2. The smallest absolute Gasteiger partial charge is 0.276 e. The van der Waals surface area contributed by atoms with Gasteiger partial charge in [0.2, 0.25) is 0 Å². The largest absolute Gasteiger partial charge is 0.493 e. The lowest BCUT2D eigenvalue weighted by molar-refractivity contribution is 0.0724. The Morgan fingerprint density at radius 2 is 2.00 bits per heavy atom. The predicted molar refractivity (Wildman–Crippen MR) is 93.1 cm³/mol. The highest BCUT2D eigenvalue weighted by Gasteiger charge is 2.32. The second-order valence-corrected chi connectivity index (χ2v) is 6.54. The quantitative estimate of drug-likeness (QED) is 0.825. The van der Waals surface area contributed by atoms with Gasteiger partial charge in [0.15, 0.2) is 17.2 Å². The lowest BCUT2D eigenvalue weighted by Gasteiger charge is -2.24. The molecule has 0 aliphatic carbocycles. The van der Waals surface area contributed by atoms with Gasteiger partial charge in [0.05, 0.1) is 20.3 Å². The van der Waals surface area contributed by atoms with Crippen molar-refractivity contribution in [2.24, 2.45) is 0 Å². The monoisotopic (exact) mass is 344 g/mol. The van der Waals surface area contributed by atoms with Crippen molar-refractivity contribution in [2.45, 2.75) is 38.6 Å². The minimum absolute atomic E-state index is 0.00602. The normalized spacial score (nSPS) is 17.2. The van der Waals surface area contributed by atoms with Crippen LogP contribution in [-0.2, 0) is 0 Å². The van der Waals surface area contributed by atoms with Gasteiger partial charge in [-0.15, -0.1) is 0 Å². The molecule has 1 fully saturated rings. The van der Waals surface area contributed by atoms with E-state index in [-0.39, 0.29) is 17.9 Å². The summed E-state index contributed by atoms with van der Waals surface area (Å²) in [6, 6.07) is 7.56. The molecule has 0 spiro atoms. The first-order chi connectivity index (χ1) is 12.0. The minimum Gasteiger partial charge on any atom is -0.493 e. The first-order valence-electron chi connectivity index (χ1n) is 8.54. The topological polar surface area (TPSA) is 64.8 Å². The molecule has 0 radical (unpaired) electrons. The van der Waals surface area contributed by atoms with E-state index in [1.165, 1.54) is 0 Å². The molecule has 1 aromatic carbocycles. The van der Waals surface area contributed by atoms with Gasteiger partial charge in [0.1, 0.15) is 5.76 Å². The first-order valence-corrected chi connectivity index (χ1v) is 8.54. The number of nitrogens with zero attached hydrogens (tertiary/aromatic N) is 2. The third-order valence-electron chi connectivity index (χ3n) is 4.62. The molecule has 1 aliphatic heterocycles. The molecule has 25 heavy (non-hydrogen) atoms. The summed E-state index contributed by atoms with van der Waals surface area (Å²) in [6.07, 6.45) is 1.87. The number of carbonyl (C=O) groups is 1. The van der Waals surface area contributed by atoms with Crippen LogP contribution in [0.5, 0.6) is 11.5 Å². The van der Waals surface area contributed by atoms with E-state index in [0.29, 0.717) is 23.7 Å². The summed E-state index contributed by atoms with van der Waals surface area (Å²) in [5.74, 6) is 2.19. The Kier molecular flexibility index (Phi) is 4.97. The average Bonchev–Trinajstić information content (AvgIpc) is 3.30. The van der Waals surface area contributed by atoms with Crippen LogP contribution < -0.4 is 9.47 Å². The summed E-state index contributed by atoms with van der Waals surface area (Å²) in [5.41, 5.74) is 1.41. The number of hydrogen-bond acceptors (Lipinski definition) is 5. The van der Waals surface area contributed by atoms with Gasteiger partial charge in [0, 0.05) is 18.5 Å². The molecule has 1 aromatic heterocycles. The van der Waals surface area contributed by atoms with Gasteiger partial charge in [-0.1, -0.05) is 25.1 Å². The van der Waals surface area contributed by atoms with Gasteiger partial charge in [-0.05, 0) is 30.5 Å². The number of aromatic nitrogens is 1. The van der Waals surface area contributed by atoms with E-state index in [4.69, 9.17) is 14.0 Å².